The number of esters is 4. The molecular formula is C83H162O17P2. The maximum atomic E-state index is 13.1. The van der Waals surface area contributed by atoms with Crippen LogP contribution in [0.5, 0.6) is 0 Å². The zero-order valence-corrected chi connectivity index (χ0v) is 69.0. The topological polar surface area (TPSA) is 237 Å². The molecular weight excluding hydrogens is 1330 g/mol. The van der Waals surface area contributed by atoms with Gasteiger partial charge in [-0.15, -0.1) is 0 Å². The fraction of sp³-hybridized carbons (Fsp3) is 0.952. The third-order valence-corrected chi connectivity index (χ3v) is 21.9. The highest BCUT2D eigenvalue weighted by molar-refractivity contribution is 7.47. The van der Waals surface area contributed by atoms with E-state index in [2.05, 4.69) is 55.4 Å². The molecule has 19 heteroatoms. The van der Waals surface area contributed by atoms with E-state index < -0.39 is 97.5 Å². The standard InChI is InChI=1S/C83H162O17P2/c1-9-75(7)61-53-45-37-31-27-28-34-40-50-58-66-83(88)99-78(69-93-80(85)63-55-47-38-32-25-21-17-13-11-15-19-23-29-35-43-51-59-73(3)4)71-97-101(89,90)95-67-77(84)68-96-102(91,92)98-72-79(70-94-81(86)64-56-48-42-41-46-54-62-76(8)10-2)100-82(87)65-57-49-39-33-26-22-18-14-12-16-20-24-30-36-44-52-60-74(5)6/h73-79,84H,9-72H2,1-8H3,(H,89,90)(H,91,92)/t75?,76?,77-,78-,79-/m1/s1. The van der Waals surface area contributed by atoms with Gasteiger partial charge in [-0.2, -0.15) is 0 Å². The van der Waals surface area contributed by atoms with Crippen LogP contribution in [0.4, 0.5) is 0 Å². The van der Waals surface area contributed by atoms with Crippen LogP contribution < -0.4 is 0 Å². The molecule has 0 saturated carbocycles. The number of phosphoric ester groups is 2. The highest BCUT2D eigenvalue weighted by Crippen LogP contribution is 2.45. The molecule has 0 aliphatic carbocycles. The van der Waals surface area contributed by atoms with Crippen molar-refractivity contribution in [2.75, 3.05) is 39.6 Å². The van der Waals surface area contributed by atoms with E-state index >= 15 is 0 Å². The van der Waals surface area contributed by atoms with Crippen LogP contribution in [0.15, 0.2) is 0 Å². The van der Waals surface area contributed by atoms with Crippen molar-refractivity contribution in [3.63, 3.8) is 0 Å². The van der Waals surface area contributed by atoms with E-state index in [1.165, 1.54) is 225 Å². The number of unbranched alkanes of at least 4 members (excludes halogenated alkanes) is 44. The predicted octanol–water partition coefficient (Wildman–Crippen LogP) is 24.8. The molecule has 4 unspecified atom stereocenters. The Morgan fingerprint density at radius 2 is 0.471 bits per heavy atom. The minimum atomic E-state index is -4.96. The van der Waals surface area contributed by atoms with Gasteiger partial charge in [-0.25, -0.2) is 9.13 Å². The molecule has 0 fully saturated rings. The molecule has 17 nitrogen and oxygen atoms in total. The Morgan fingerprint density at radius 3 is 0.696 bits per heavy atom. The molecule has 0 amide bonds. The Morgan fingerprint density at radius 1 is 0.275 bits per heavy atom. The molecule has 0 saturated heterocycles. The summed E-state index contributed by atoms with van der Waals surface area (Å²) in [4.78, 5) is 73.1. The number of carbonyl (C=O) groups is 4. The van der Waals surface area contributed by atoms with E-state index in [1.807, 2.05) is 0 Å². The van der Waals surface area contributed by atoms with Crippen molar-refractivity contribution in [3.8, 4) is 0 Å². The van der Waals surface area contributed by atoms with Crippen molar-refractivity contribution >= 4 is 39.5 Å². The lowest BCUT2D eigenvalue weighted by Gasteiger charge is -2.21. The van der Waals surface area contributed by atoms with Crippen molar-refractivity contribution in [1.82, 2.24) is 0 Å². The third kappa shape index (κ3) is 73.6. The average Bonchev–Trinajstić information content (AvgIpc) is 0.910. The maximum absolute atomic E-state index is 13.1. The van der Waals surface area contributed by atoms with Crippen LogP contribution in [0.3, 0.4) is 0 Å². The lowest BCUT2D eigenvalue weighted by molar-refractivity contribution is -0.161. The van der Waals surface area contributed by atoms with Crippen molar-refractivity contribution in [2.24, 2.45) is 23.7 Å². The molecule has 606 valence electrons. The van der Waals surface area contributed by atoms with Crippen molar-refractivity contribution < 1.29 is 80.2 Å². The quantitative estimate of drug-likeness (QED) is 0.0222. The van der Waals surface area contributed by atoms with Gasteiger partial charge in [-0.3, -0.25) is 37.3 Å². The first kappa shape index (κ1) is 100. The summed E-state index contributed by atoms with van der Waals surface area (Å²) in [5, 5.41) is 10.7. The van der Waals surface area contributed by atoms with E-state index in [-0.39, 0.29) is 25.7 Å². The number of hydrogen-bond acceptors (Lipinski definition) is 15. The summed E-state index contributed by atoms with van der Waals surface area (Å²) < 4.78 is 68.8. The smallest absolute Gasteiger partial charge is 0.462 e. The molecule has 0 aliphatic rings. The molecule has 0 heterocycles. The van der Waals surface area contributed by atoms with Crippen LogP contribution in [-0.2, 0) is 65.4 Å². The Balaban J connectivity index is 5.22. The largest absolute Gasteiger partial charge is 0.472 e. The van der Waals surface area contributed by atoms with Crippen molar-refractivity contribution in [3.05, 3.63) is 0 Å². The summed E-state index contributed by atoms with van der Waals surface area (Å²) in [6.45, 7) is 14.3. The number of carbonyl (C=O) groups excluding carboxylic acids is 4. The lowest BCUT2D eigenvalue weighted by Crippen LogP contribution is -2.30. The van der Waals surface area contributed by atoms with Gasteiger partial charge in [0.15, 0.2) is 12.2 Å². The predicted molar refractivity (Wildman–Crippen MR) is 418 cm³/mol. The molecule has 7 atom stereocenters. The first-order valence-electron chi connectivity index (χ1n) is 42.8. The molecule has 0 rings (SSSR count). The number of hydrogen-bond donors (Lipinski definition) is 3. The minimum Gasteiger partial charge on any atom is -0.462 e. The second-order valence-corrected chi connectivity index (χ2v) is 34.2. The Hall–Kier alpha value is -1.94. The monoisotopic (exact) mass is 1490 g/mol. The highest BCUT2D eigenvalue weighted by Gasteiger charge is 2.30. The van der Waals surface area contributed by atoms with Gasteiger partial charge in [-0.1, -0.05) is 376 Å². The van der Waals surface area contributed by atoms with E-state index in [1.54, 1.807) is 0 Å². The first-order valence-corrected chi connectivity index (χ1v) is 45.8. The van der Waals surface area contributed by atoms with E-state index in [9.17, 15) is 43.2 Å². The zero-order chi connectivity index (χ0) is 75.3. The van der Waals surface area contributed by atoms with Gasteiger partial charge >= 0.3 is 39.5 Å². The highest BCUT2D eigenvalue weighted by atomic mass is 31.2. The molecule has 102 heavy (non-hydrogen) atoms. The average molecular weight is 1490 g/mol. The van der Waals surface area contributed by atoms with Crippen LogP contribution in [-0.4, -0.2) is 96.7 Å². The van der Waals surface area contributed by atoms with Crippen LogP contribution in [0.1, 0.15) is 428 Å². The number of aliphatic hydroxyl groups is 1. The molecule has 0 aromatic carbocycles. The molecule has 0 spiro atoms. The molecule has 0 radical (unpaired) electrons. The van der Waals surface area contributed by atoms with Gasteiger partial charge in [0.25, 0.3) is 0 Å². The second-order valence-electron chi connectivity index (χ2n) is 31.3. The minimum absolute atomic E-state index is 0.106. The van der Waals surface area contributed by atoms with Crippen LogP contribution in [0.2, 0.25) is 0 Å². The molecule has 3 N–H and O–H groups in total. The van der Waals surface area contributed by atoms with Gasteiger partial charge in [0, 0.05) is 25.7 Å². The molecule has 0 aromatic heterocycles. The molecule has 0 aromatic rings. The van der Waals surface area contributed by atoms with Crippen LogP contribution in [0.25, 0.3) is 0 Å². The summed E-state index contributed by atoms with van der Waals surface area (Å²) in [7, 11) is -9.93. The number of rotatable bonds is 80. The normalized spacial score (nSPS) is 14.5. The SMILES string of the molecule is CCC(C)CCCCCCCCCCCCC(=O)O[C@H](COC(=O)CCCCCCCCCCCCCCCCCCC(C)C)COP(=O)(O)OC[C@@H](O)COP(=O)(O)OC[C@@H](COC(=O)CCCCCCCCC(C)CC)OC(=O)CCCCCCCCCCCCCCCCCCC(C)C. The van der Waals surface area contributed by atoms with Crippen molar-refractivity contribution in [2.45, 2.75) is 446 Å². The van der Waals surface area contributed by atoms with Gasteiger partial charge in [0.2, 0.25) is 0 Å². The van der Waals surface area contributed by atoms with E-state index in [0.717, 1.165) is 120 Å². The van der Waals surface area contributed by atoms with E-state index in [0.29, 0.717) is 25.7 Å². The van der Waals surface area contributed by atoms with Gasteiger partial charge in [0.05, 0.1) is 26.4 Å². The Bertz CT molecular complexity index is 1990. The van der Waals surface area contributed by atoms with Gasteiger partial charge in [0.1, 0.15) is 19.3 Å². The maximum Gasteiger partial charge on any atom is 0.472 e. The summed E-state index contributed by atoms with van der Waals surface area (Å²) in [5.41, 5.74) is 0. The molecule has 0 aliphatic heterocycles. The summed E-state index contributed by atoms with van der Waals surface area (Å²) in [5.74, 6) is 1.04. The zero-order valence-electron chi connectivity index (χ0n) is 67.2. The van der Waals surface area contributed by atoms with E-state index in [4.69, 9.17) is 37.0 Å². The summed E-state index contributed by atoms with van der Waals surface area (Å²) in [6, 6.07) is 0. The van der Waals surface area contributed by atoms with Gasteiger partial charge < -0.3 is 33.8 Å². The lowest BCUT2D eigenvalue weighted by atomic mass is 9.99. The Labute approximate surface area is 626 Å². The molecule has 0 bridgehead atoms. The number of phosphoric acid groups is 2. The third-order valence-electron chi connectivity index (χ3n) is 20.0. The summed E-state index contributed by atoms with van der Waals surface area (Å²) >= 11 is 0. The number of ether oxygens (including phenoxy) is 4. The second kappa shape index (κ2) is 72.0. The fourth-order valence-corrected chi connectivity index (χ4v) is 14.3. The number of aliphatic hydroxyl groups excluding tert-OH is 1. The summed E-state index contributed by atoms with van der Waals surface area (Å²) in [6.07, 6.45) is 59.7. The van der Waals surface area contributed by atoms with Crippen molar-refractivity contribution in [1.29, 1.82) is 0 Å². The van der Waals surface area contributed by atoms with Crippen LogP contribution in [0, 0.1) is 23.7 Å². The first-order chi connectivity index (χ1) is 49.2. The fourth-order valence-electron chi connectivity index (χ4n) is 12.7. The van der Waals surface area contributed by atoms with Crippen LogP contribution >= 0.6 is 15.6 Å². The Kier molecular flexibility index (Phi) is 70.6. The van der Waals surface area contributed by atoms with Gasteiger partial charge in [-0.05, 0) is 49.4 Å².